The first-order chi connectivity index (χ1) is 9.38. The standard InChI is InChI=1S/C12H24N4O3S/c1-4-7-16-12(13)11(9-14-16)20(17,18)15-6-5-8-19-10(2)3/h9-10,15H,4-8,13H2,1-3H3. The second-order valence-electron chi connectivity index (χ2n) is 4.79. The molecule has 0 spiro atoms. The molecule has 0 aromatic carbocycles. The Morgan fingerprint density at radius 1 is 1.50 bits per heavy atom. The Morgan fingerprint density at radius 3 is 2.80 bits per heavy atom. The van der Waals surface area contributed by atoms with Crippen molar-refractivity contribution in [1.29, 1.82) is 0 Å². The molecule has 3 N–H and O–H groups in total. The molecular weight excluding hydrogens is 280 g/mol. The number of nitrogens with zero attached hydrogens (tertiary/aromatic N) is 2. The van der Waals surface area contributed by atoms with Gasteiger partial charge in [0.25, 0.3) is 0 Å². The number of nitrogen functional groups attached to an aromatic ring is 1. The zero-order valence-electron chi connectivity index (χ0n) is 12.3. The summed E-state index contributed by atoms with van der Waals surface area (Å²) in [5.41, 5.74) is 5.80. The van der Waals surface area contributed by atoms with Crippen molar-refractivity contribution in [3.05, 3.63) is 6.20 Å². The van der Waals surface area contributed by atoms with Gasteiger partial charge in [0.05, 0.1) is 12.3 Å². The van der Waals surface area contributed by atoms with Gasteiger partial charge < -0.3 is 10.5 Å². The predicted molar refractivity (Wildman–Crippen MR) is 77.8 cm³/mol. The average molecular weight is 304 g/mol. The Hall–Kier alpha value is -1.12. The summed E-state index contributed by atoms with van der Waals surface area (Å²) in [5.74, 6) is 0.179. The molecule has 116 valence electrons. The van der Waals surface area contributed by atoms with E-state index in [4.69, 9.17) is 10.5 Å². The lowest BCUT2D eigenvalue weighted by atomic mass is 10.4. The summed E-state index contributed by atoms with van der Waals surface area (Å²) in [6.07, 6.45) is 2.89. The van der Waals surface area contributed by atoms with Gasteiger partial charge in [0, 0.05) is 19.7 Å². The summed E-state index contributed by atoms with van der Waals surface area (Å²) in [6, 6.07) is 0. The van der Waals surface area contributed by atoms with Crippen molar-refractivity contribution in [3.8, 4) is 0 Å². The largest absolute Gasteiger partial charge is 0.383 e. The molecule has 20 heavy (non-hydrogen) atoms. The SMILES string of the molecule is CCCn1ncc(S(=O)(=O)NCCCOC(C)C)c1N. The van der Waals surface area contributed by atoms with Crippen molar-refractivity contribution in [2.45, 2.75) is 51.2 Å². The van der Waals surface area contributed by atoms with Gasteiger partial charge in [-0.15, -0.1) is 0 Å². The minimum atomic E-state index is -3.60. The van der Waals surface area contributed by atoms with E-state index in [-0.39, 0.29) is 16.8 Å². The van der Waals surface area contributed by atoms with E-state index in [1.807, 2.05) is 20.8 Å². The monoisotopic (exact) mass is 304 g/mol. The Bertz CT molecular complexity index is 511. The lowest BCUT2D eigenvalue weighted by Gasteiger charge is -2.09. The molecule has 0 radical (unpaired) electrons. The highest BCUT2D eigenvalue weighted by atomic mass is 32.2. The number of hydrogen-bond donors (Lipinski definition) is 2. The Morgan fingerprint density at radius 2 is 2.20 bits per heavy atom. The first-order valence-electron chi connectivity index (χ1n) is 6.81. The highest BCUT2D eigenvalue weighted by Crippen LogP contribution is 2.17. The zero-order chi connectivity index (χ0) is 15.2. The molecule has 0 amide bonds. The van der Waals surface area contributed by atoms with Crippen molar-refractivity contribution in [1.82, 2.24) is 14.5 Å². The summed E-state index contributed by atoms with van der Waals surface area (Å²) < 4.78 is 33.5. The topological polar surface area (TPSA) is 99.2 Å². The molecule has 1 rings (SSSR count). The molecule has 0 bridgehead atoms. The summed E-state index contributed by atoms with van der Waals surface area (Å²) in [4.78, 5) is 0.0377. The molecular formula is C12H24N4O3S. The van der Waals surface area contributed by atoms with Crippen LogP contribution in [0.3, 0.4) is 0 Å². The van der Waals surface area contributed by atoms with Crippen LogP contribution < -0.4 is 10.5 Å². The maximum atomic E-state index is 12.1. The molecule has 8 heteroatoms. The maximum Gasteiger partial charge on any atom is 0.245 e. The van der Waals surface area contributed by atoms with E-state index in [2.05, 4.69) is 9.82 Å². The molecule has 1 heterocycles. The van der Waals surface area contributed by atoms with Gasteiger partial charge in [-0.3, -0.25) is 0 Å². The van der Waals surface area contributed by atoms with Gasteiger partial charge in [-0.2, -0.15) is 5.10 Å². The molecule has 0 atom stereocenters. The molecule has 7 nitrogen and oxygen atoms in total. The number of aromatic nitrogens is 2. The van der Waals surface area contributed by atoms with Crippen LogP contribution in [0.15, 0.2) is 11.1 Å². The highest BCUT2D eigenvalue weighted by molar-refractivity contribution is 7.89. The van der Waals surface area contributed by atoms with E-state index in [0.717, 1.165) is 6.42 Å². The number of rotatable bonds is 9. The number of nitrogens with one attached hydrogen (secondary N) is 1. The summed E-state index contributed by atoms with van der Waals surface area (Å²) in [7, 11) is -3.60. The third-order valence-corrected chi connectivity index (χ3v) is 4.11. The minimum Gasteiger partial charge on any atom is -0.383 e. The van der Waals surface area contributed by atoms with Gasteiger partial charge >= 0.3 is 0 Å². The van der Waals surface area contributed by atoms with Crippen LogP contribution in [0.1, 0.15) is 33.6 Å². The predicted octanol–water partition coefficient (Wildman–Crippen LogP) is 0.969. The molecule has 0 aliphatic heterocycles. The molecule has 0 saturated heterocycles. The molecule has 1 aromatic heterocycles. The Labute approximate surface area is 120 Å². The molecule has 1 aromatic rings. The van der Waals surface area contributed by atoms with Gasteiger partial charge in [0.15, 0.2) is 0 Å². The van der Waals surface area contributed by atoms with Crippen molar-refractivity contribution in [2.24, 2.45) is 0 Å². The van der Waals surface area contributed by atoms with Crippen LogP contribution in [-0.2, 0) is 21.3 Å². The molecule has 0 saturated carbocycles. The summed E-state index contributed by atoms with van der Waals surface area (Å²) in [5, 5.41) is 3.99. The third-order valence-electron chi connectivity index (χ3n) is 2.63. The fourth-order valence-corrected chi connectivity index (χ4v) is 2.79. The normalized spacial score (nSPS) is 12.2. The minimum absolute atomic E-state index is 0.0377. The van der Waals surface area contributed by atoms with Gasteiger partial charge in [-0.05, 0) is 26.7 Å². The maximum absolute atomic E-state index is 12.1. The smallest absolute Gasteiger partial charge is 0.245 e. The van der Waals surface area contributed by atoms with Crippen molar-refractivity contribution < 1.29 is 13.2 Å². The summed E-state index contributed by atoms with van der Waals surface area (Å²) >= 11 is 0. The van der Waals surface area contributed by atoms with E-state index in [0.29, 0.717) is 26.1 Å². The molecule has 0 aliphatic rings. The van der Waals surface area contributed by atoms with Crippen molar-refractivity contribution in [2.75, 3.05) is 18.9 Å². The fraction of sp³-hybridized carbons (Fsp3) is 0.750. The van der Waals surface area contributed by atoms with Gasteiger partial charge in [-0.25, -0.2) is 17.8 Å². The van der Waals surface area contributed by atoms with Gasteiger partial charge in [0.2, 0.25) is 10.0 Å². The Balaban J connectivity index is 2.56. The first kappa shape index (κ1) is 16.9. The van der Waals surface area contributed by atoms with E-state index in [1.165, 1.54) is 10.9 Å². The van der Waals surface area contributed by atoms with E-state index in [9.17, 15) is 8.42 Å². The number of nitrogens with two attached hydrogens (primary N) is 1. The highest BCUT2D eigenvalue weighted by Gasteiger charge is 2.20. The fourth-order valence-electron chi connectivity index (χ4n) is 1.65. The van der Waals surface area contributed by atoms with Crippen LogP contribution in [0, 0.1) is 0 Å². The van der Waals surface area contributed by atoms with Gasteiger partial charge in [-0.1, -0.05) is 6.92 Å². The second-order valence-corrected chi connectivity index (χ2v) is 6.52. The molecule has 0 fully saturated rings. The zero-order valence-corrected chi connectivity index (χ0v) is 13.1. The number of aryl methyl sites for hydroxylation is 1. The lowest BCUT2D eigenvalue weighted by Crippen LogP contribution is -2.26. The number of sulfonamides is 1. The van der Waals surface area contributed by atoms with Crippen LogP contribution in [-0.4, -0.2) is 37.5 Å². The Kier molecular flexibility index (Phi) is 6.44. The van der Waals surface area contributed by atoms with Crippen LogP contribution in [0.4, 0.5) is 5.82 Å². The van der Waals surface area contributed by atoms with Crippen LogP contribution in [0.5, 0.6) is 0 Å². The molecule has 0 unspecified atom stereocenters. The molecule has 0 aliphatic carbocycles. The number of ether oxygens (including phenoxy) is 1. The van der Waals surface area contributed by atoms with Gasteiger partial charge in [0.1, 0.15) is 10.7 Å². The lowest BCUT2D eigenvalue weighted by molar-refractivity contribution is 0.0778. The second kappa shape index (κ2) is 7.61. The van der Waals surface area contributed by atoms with E-state index < -0.39 is 10.0 Å². The third kappa shape index (κ3) is 4.77. The van der Waals surface area contributed by atoms with Crippen molar-refractivity contribution >= 4 is 15.8 Å². The summed E-state index contributed by atoms with van der Waals surface area (Å²) in [6.45, 7) is 7.28. The van der Waals surface area contributed by atoms with Crippen molar-refractivity contribution in [3.63, 3.8) is 0 Å². The number of hydrogen-bond acceptors (Lipinski definition) is 5. The van der Waals surface area contributed by atoms with Crippen LogP contribution in [0.25, 0.3) is 0 Å². The average Bonchev–Trinajstić information content (AvgIpc) is 2.71. The van der Waals surface area contributed by atoms with Crippen LogP contribution in [0.2, 0.25) is 0 Å². The van der Waals surface area contributed by atoms with E-state index in [1.54, 1.807) is 0 Å². The quantitative estimate of drug-likeness (QED) is 0.662. The van der Waals surface area contributed by atoms with Crippen LogP contribution >= 0.6 is 0 Å². The van der Waals surface area contributed by atoms with E-state index >= 15 is 0 Å². The first-order valence-corrected chi connectivity index (χ1v) is 8.29. The number of anilines is 1.